The monoisotopic (exact) mass is 546 g/mol. The highest BCUT2D eigenvalue weighted by molar-refractivity contribution is 6.27. The van der Waals surface area contributed by atoms with Crippen molar-refractivity contribution in [3.63, 3.8) is 0 Å². The van der Waals surface area contributed by atoms with E-state index in [9.17, 15) is 4.39 Å². The van der Waals surface area contributed by atoms with E-state index < -0.39 is 11.9 Å². The molecule has 0 unspecified atom stereocenters. The predicted molar refractivity (Wildman–Crippen MR) is 147 cm³/mol. The fourth-order valence-electron chi connectivity index (χ4n) is 4.32. The Bertz CT molecular complexity index is 1390. The Kier molecular flexibility index (Phi) is 10.1. The molecule has 10 heteroatoms. The van der Waals surface area contributed by atoms with Crippen LogP contribution in [0.4, 0.5) is 4.39 Å². The molecule has 0 atom stereocenters. The van der Waals surface area contributed by atoms with Crippen molar-refractivity contribution in [2.24, 2.45) is 0 Å². The maximum Gasteiger partial charge on any atom is 0.414 e. The van der Waals surface area contributed by atoms with Gasteiger partial charge in [-0.1, -0.05) is 42.5 Å². The minimum Gasteiger partial charge on any atom is -0.473 e. The van der Waals surface area contributed by atoms with E-state index in [0.717, 1.165) is 61.9 Å². The molecule has 0 radical (unpaired) electrons. The number of rotatable bonds is 8. The molecule has 0 saturated carbocycles. The number of hydrogen-bond donors (Lipinski definition) is 3. The number of hydrogen-bond acceptors (Lipinski definition) is 6. The summed E-state index contributed by atoms with van der Waals surface area (Å²) in [6.45, 7) is 5.91. The largest absolute Gasteiger partial charge is 0.473 e. The van der Waals surface area contributed by atoms with E-state index in [1.807, 2.05) is 35.0 Å². The SMILES string of the molecule is Fc1ccc(-c2nn(-c3ccccc3)cc2CNCc2ccccc2CN2CCOCC2)cc1.O=C(O)C(=O)O. The van der Waals surface area contributed by atoms with Crippen LogP contribution in [-0.2, 0) is 34.0 Å². The molecule has 1 saturated heterocycles. The molecule has 0 spiro atoms. The van der Waals surface area contributed by atoms with Gasteiger partial charge in [0.1, 0.15) is 5.82 Å². The number of carboxylic acid groups (broad SMARTS) is 2. The van der Waals surface area contributed by atoms with Gasteiger partial charge in [0.05, 0.1) is 24.6 Å². The van der Waals surface area contributed by atoms with E-state index in [0.29, 0.717) is 6.54 Å². The highest BCUT2D eigenvalue weighted by atomic mass is 19.1. The second kappa shape index (κ2) is 14.1. The lowest BCUT2D eigenvalue weighted by molar-refractivity contribution is -0.159. The van der Waals surface area contributed by atoms with Crippen LogP contribution in [0.5, 0.6) is 0 Å². The van der Waals surface area contributed by atoms with Gasteiger partial charge in [0.15, 0.2) is 0 Å². The van der Waals surface area contributed by atoms with Crippen LogP contribution in [0.25, 0.3) is 16.9 Å². The van der Waals surface area contributed by atoms with Crippen molar-refractivity contribution in [3.05, 3.63) is 108 Å². The maximum atomic E-state index is 13.5. The van der Waals surface area contributed by atoms with Crippen LogP contribution in [0.1, 0.15) is 16.7 Å². The van der Waals surface area contributed by atoms with E-state index >= 15 is 0 Å². The number of carboxylic acids is 2. The lowest BCUT2D eigenvalue weighted by atomic mass is 10.1. The molecule has 0 bridgehead atoms. The van der Waals surface area contributed by atoms with E-state index in [-0.39, 0.29) is 5.82 Å². The number of halogens is 1. The van der Waals surface area contributed by atoms with Crippen LogP contribution < -0.4 is 5.32 Å². The Morgan fingerprint density at radius 1 is 0.825 bits per heavy atom. The summed E-state index contributed by atoms with van der Waals surface area (Å²) in [4.78, 5) is 20.6. The maximum absolute atomic E-state index is 13.5. The van der Waals surface area contributed by atoms with Crippen LogP contribution in [0.15, 0.2) is 85.1 Å². The first kappa shape index (κ1) is 28.6. The van der Waals surface area contributed by atoms with Gasteiger partial charge in [0.2, 0.25) is 0 Å². The number of aromatic nitrogens is 2. The molecule has 9 nitrogen and oxygen atoms in total. The molecule has 40 heavy (non-hydrogen) atoms. The van der Waals surface area contributed by atoms with Crippen LogP contribution in [0.3, 0.4) is 0 Å². The van der Waals surface area contributed by atoms with Gasteiger partial charge in [-0.2, -0.15) is 5.10 Å². The van der Waals surface area contributed by atoms with Crippen molar-refractivity contribution in [3.8, 4) is 16.9 Å². The number of carbonyl (C=O) groups is 2. The highest BCUT2D eigenvalue weighted by Crippen LogP contribution is 2.24. The summed E-state index contributed by atoms with van der Waals surface area (Å²) in [5, 5.41) is 23.2. The number of nitrogens with one attached hydrogen (secondary N) is 1. The molecule has 1 fully saturated rings. The number of benzene rings is 3. The summed E-state index contributed by atoms with van der Waals surface area (Å²) in [5.74, 6) is -3.90. The zero-order chi connectivity index (χ0) is 28.3. The van der Waals surface area contributed by atoms with E-state index in [4.69, 9.17) is 29.6 Å². The van der Waals surface area contributed by atoms with Crippen molar-refractivity contribution in [2.45, 2.75) is 19.6 Å². The fourth-order valence-corrected chi connectivity index (χ4v) is 4.32. The molecule has 1 aliphatic heterocycles. The van der Waals surface area contributed by atoms with Gasteiger partial charge in [-0.25, -0.2) is 18.7 Å². The molecule has 0 aliphatic carbocycles. The van der Waals surface area contributed by atoms with Crippen molar-refractivity contribution in [2.75, 3.05) is 26.3 Å². The molecule has 5 rings (SSSR count). The summed E-state index contributed by atoms with van der Waals surface area (Å²) >= 11 is 0. The third-order valence-electron chi connectivity index (χ3n) is 6.36. The minimum atomic E-state index is -1.82. The molecular weight excluding hydrogens is 515 g/mol. The van der Waals surface area contributed by atoms with Gasteiger partial charge in [0.25, 0.3) is 0 Å². The van der Waals surface area contributed by atoms with Gasteiger partial charge in [-0.3, -0.25) is 4.90 Å². The standard InChI is InChI=1S/C28H29FN4O.C2H2O4/c29-26-12-10-22(11-13-26)28-25(21-33(31-28)27-8-2-1-3-9-27)19-30-18-23-6-4-5-7-24(23)20-32-14-16-34-17-15-32;3-1(4)2(5)6/h1-13,21,30H,14-20H2;(H,3,4)(H,5,6). The predicted octanol–water partition coefficient (Wildman–Crippen LogP) is 3.96. The van der Waals surface area contributed by atoms with Gasteiger partial charge in [-0.15, -0.1) is 0 Å². The quantitative estimate of drug-likeness (QED) is 0.285. The molecule has 2 heterocycles. The van der Waals surface area contributed by atoms with Crippen LogP contribution in [0.2, 0.25) is 0 Å². The average Bonchev–Trinajstić information content (AvgIpc) is 3.40. The zero-order valence-corrected chi connectivity index (χ0v) is 21.9. The molecule has 1 aromatic heterocycles. The highest BCUT2D eigenvalue weighted by Gasteiger charge is 2.15. The number of morpholine rings is 1. The van der Waals surface area contributed by atoms with Gasteiger partial charge >= 0.3 is 11.9 Å². The van der Waals surface area contributed by atoms with E-state index in [1.165, 1.54) is 23.3 Å². The first-order chi connectivity index (χ1) is 19.4. The fraction of sp³-hybridized carbons (Fsp3) is 0.233. The topological polar surface area (TPSA) is 117 Å². The molecule has 4 aromatic rings. The van der Waals surface area contributed by atoms with Gasteiger partial charge in [0, 0.05) is 50.0 Å². The average molecular weight is 547 g/mol. The Labute approximate surface area is 231 Å². The first-order valence-corrected chi connectivity index (χ1v) is 12.8. The second-order valence-corrected chi connectivity index (χ2v) is 9.16. The molecule has 3 aromatic carbocycles. The van der Waals surface area contributed by atoms with Crippen molar-refractivity contribution < 1.29 is 28.9 Å². The van der Waals surface area contributed by atoms with Crippen molar-refractivity contribution >= 4 is 11.9 Å². The minimum absolute atomic E-state index is 0.247. The molecule has 0 amide bonds. The number of nitrogens with zero attached hydrogens (tertiary/aromatic N) is 3. The molecule has 1 aliphatic rings. The van der Waals surface area contributed by atoms with Crippen LogP contribution >= 0.6 is 0 Å². The lowest BCUT2D eigenvalue weighted by Gasteiger charge is -2.27. The zero-order valence-electron chi connectivity index (χ0n) is 21.9. The number of ether oxygens (including phenoxy) is 1. The van der Waals surface area contributed by atoms with Crippen LogP contribution in [-0.4, -0.2) is 63.1 Å². The van der Waals surface area contributed by atoms with Crippen LogP contribution in [0, 0.1) is 5.82 Å². The summed E-state index contributed by atoms with van der Waals surface area (Å²) in [7, 11) is 0. The van der Waals surface area contributed by atoms with Gasteiger partial charge in [-0.05, 0) is 47.5 Å². The summed E-state index contributed by atoms with van der Waals surface area (Å²) < 4.78 is 20.9. The molecule has 3 N–H and O–H groups in total. The number of aliphatic carboxylic acids is 2. The smallest absolute Gasteiger partial charge is 0.414 e. The summed E-state index contributed by atoms with van der Waals surface area (Å²) in [5.41, 5.74) is 6.47. The summed E-state index contributed by atoms with van der Waals surface area (Å²) in [6, 6.07) is 25.2. The third kappa shape index (κ3) is 8.06. The Hall–Kier alpha value is -4.38. The van der Waals surface area contributed by atoms with Gasteiger partial charge < -0.3 is 20.3 Å². The second-order valence-electron chi connectivity index (χ2n) is 9.16. The number of para-hydroxylation sites is 1. The van der Waals surface area contributed by atoms with E-state index in [1.54, 1.807) is 12.1 Å². The normalized spacial score (nSPS) is 13.3. The summed E-state index contributed by atoms with van der Waals surface area (Å²) in [6.07, 6.45) is 2.06. The lowest BCUT2D eigenvalue weighted by Crippen LogP contribution is -2.36. The first-order valence-electron chi connectivity index (χ1n) is 12.8. The van der Waals surface area contributed by atoms with E-state index in [2.05, 4.69) is 40.7 Å². The Balaban J connectivity index is 0.000000557. The molecule has 208 valence electrons. The Morgan fingerprint density at radius 3 is 2.08 bits per heavy atom. The van der Waals surface area contributed by atoms with Crippen molar-refractivity contribution in [1.29, 1.82) is 0 Å². The van der Waals surface area contributed by atoms with Crippen molar-refractivity contribution in [1.82, 2.24) is 20.0 Å². The molecular formula is C30H31FN4O5. The third-order valence-corrected chi connectivity index (χ3v) is 6.36. The Morgan fingerprint density at radius 2 is 1.43 bits per heavy atom.